The molecule has 17 heavy (non-hydrogen) atoms. The first-order chi connectivity index (χ1) is 8.25. The van der Waals surface area contributed by atoms with Gasteiger partial charge >= 0.3 is 0 Å². The number of benzene rings is 1. The van der Waals surface area contributed by atoms with Crippen LogP contribution in [0.15, 0.2) is 42.5 Å². The Morgan fingerprint density at radius 3 is 2.94 bits per heavy atom. The van der Waals surface area contributed by atoms with Gasteiger partial charge in [-0.05, 0) is 18.2 Å². The average Bonchev–Trinajstić information content (AvgIpc) is 2.34. The zero-order valence-corrected chi connectivity index (χ0v) is 10.4. The second kappa shape index (κ2) is 5.64. The van der Waals surface area contributed by atoms with E-state index in [1.54, 1.807) is 6.92 Å². The minimum atomic E-state index is 0.140. The summed E-state index contributed by atoms with van der Waals surface area (Å²) in [5, 5.41) is 1.28. The predicted molar refractivity (Wildman–Crippen MR) is 73.9 cm³/mol. The van der Waals surface area contributed by atoms with Crippen LogP contribution in [-0.4, -0.2) is 15.9 Å². The molecule has 0 bridgehead atoms. The Morgan fingerprint density at radius 2 is 2.12 bits per heavy atom. The van der Waals surface area contributed by atoms with Crippen molar-refractivity contribution < 1.29 is 4.79 Å². The van der Waals surface area contributed by atoms with Crippen LogP contribution >= 0.6 is 11.8 Å². The summed E-state index contributed by atoms with van der Waals surface area (Å²) in [7, 11) is 0. The second-order valence-corrected chi connectivity index (χ2v) is 4.83. The van der Waals surface area contributed by atoms with Crippen molar-refractivity contribution in [2.24, 2.45) is 0 Å². The van der Waals surface area contributed by atoms with E-state index in [1.807, 2.05) is 42.5 Å². The topological polar surface area (TPSA) is 30.0 Å². The smallest absolute Gasteiger partial charge is 0.186 e. The highest BCUT2D eigenvalue weighted by Crippen LogP contribution is 2.12. The van der Waals surface area contributed by atoms with Crippen LogP contribution in [0.2, 0.25) is 0 Å². The maximum atomic E-state index is 10.7. The third kappa shape index (κ3) is 3.43. The Bertz CT molecular complexity index is 563. The minimum absolute atomic E-state index is 0.140. The highest BCUT2D eigenvalue weighted by Gasteiger charge is 1.94. The number of aromatic nitrogens is 1. The van der Waals surface area contributed by atoms with Crippen LogP contribution in [0.4, 0.5) is 0 Å². The summed E-state index contributed by atoms with van der Waals surface area (Å²) in [6, 6.07) is 12.1. The van der Waals surface area contributed by atoms with E-state index in [1.165, 1.54) is 11.8 Å². The molecule has 0 N–H and O–H groups in total. The van der Waals surface area contributed by atoms with Gasteiger partial charge in [0.2, 0.25) is 0 Å². The van der Waals surface area contributed by atoms with Crippen molar-refractivity contribution in [3.63, 3.8) is 0 Å². The summed E-state index contributed by atoms with van der Waals surface area (Å²) in [6.45, 7) is 1.58. The fourth-order valence-corrected chi connectivity index (χ4v) is 1.94. The molecule has 2 aromatic rings. The van der Waals surface area contributed by atoms with Crippen molar-refractivity contribution in [3.05, 3.63) is 48.2 Å². The minimum Gasteiger partial charge on any atom is -0.288 e. The van der Waals surface area contributed by atoms with E-state index in [0.717, 1.165) is 16.6 Å². The standard InChI is InChI=1S/C14H13NOS/c1-11(16)17-10-4-6-13-9-8-12-5-2-3-7-14(12)15-13/h2-9H,10H2,1H3. The van der Waals surface area contributed by atoms with Gasteiger partial charge in [0.25, 0.3) is 0 Å². The van der Waals surface area contributed by atoms with Crippen LogP contribution in [0.3, 0.4) is 0 Å². The quantitative estimate of drug-likeness (QED) is 0.826. The van der Waals surface area contributed by atoms with Gasteiger partial charge in [-0.2, -0.15) is 0 Å². The molecular formula is C14H13NOS. The lowest BCUT2D eigenvalue weighted by molar-refractivity contribution is -0.109. The predicted octanol–water partition coefficient (Wildman–Crippen LogP) is 3.53. The summed E-state index contributed by atoms with van der Waals surface area (Å²) in [6.07, 6.45) is 3.91. The molecule has 1 aromatic carbocycles. The molecule has 0 atom stereocenters. The van der Waals surface area contributed by atoms with Crippen LogP contribution in [0.5, 0.6) is 0 Å². The maximum absolute atomic E-state index is 10.7. The summed E-state index contributed by atoms with van der Waals surface area (Å²) in [5.74, 6) is 0.698. The Balaban J connectivity index is 2.11. The average molecular weight is 243 g/mol. The fraction of sp³-hybridized carbons (Fsp3) is 0.143. The summed E-state index contributed by atoms with van der Waals surface area (Å²) in [5.41, 5.74) is 1.92. The molecular weight excluding hydrogens is 230 g/mol. The maximum Gasteiger partial charge on any atom is 0.186 e. The Labute approximate surface area is 105 Å². The third-order valence-electron chi connectivity index (χ3n) is 2.29. The van der Waals surface area contributed by atoms with E-state index < -0.39 is 0 Å². The molecule has 0 spiro atoms. The molecule has 0 saturated carbocycles. The number of hydrogen-bond donors (Lipinski definition) is 0. The van der Waals surface area contributed by atoms with Crippen molar-refractivity contribution >= 4 is 33.9 Å². The number of rotatable bonds is 3. The SMILES string of the molecule is CC(=O)SCC=Cc1ccc2ccccc2n1. The molecule has 0 aliphatic heterocycles. The highest BCUT2D eigenvalue weighted by molar-refractivity contribution is 8.13. The third-order valence-corrected chi connectivity index (χ3v) is 3.06. The number of para-hydroxylation sites is 1. The summed E-state index contributed by atoms with van der Waals surface area (Å²) >= 11 is 1.30. The zero-order valence-electron chi connectivity index (χ0n) is 9.59. The van der Waals surface area contributed by atoms with Crippen LogP contribution in [-0.2, 0) is 4.79 Å². The number of fused-ring (bicyclic) bond motifs is 1. The first kappa shape index (κ1) is 11.9. The molecule has 0 saturated heterocycles. The molecule has 0 radical (unpaired) electrons. The monoisotopic (exact) mass is 243 g/mol. The van der Waals surface area contributed by atoms with Crippen LogP contribution < -0.4 is 0 Å². The van der Waals surface area contributed by atoms with E-state index >= 15 is 0 Å². The van der Waals surface area contributed by atoms with E-state index in [-0.39, 0.29) is 5.12 Å². The van der Waals surface area contributed by atoms with E-state index in [4.69, 9.17) is 0 Å². The molecule has 86 valence electrons. The largest absolute Gasteiger partial charge is 0.288 e. The van der Waals surface area contributed by atoms with Crippen LogP contribution in [0.25, 0.3) is 17.0 Å². The number of nitrogens with zero attached hydrogens (tertiary/aromatic N) is 1. The van der Waals surface area contributed by atoms with Gasteiger partial charge in [0.05, 0.1) is 11.2 Å². The van der Waals surface area contributed by atoms with Gasteiger partial charge in [0.1, 0.15) is 0 Å². The van der Waals surface area contributed by atoms with Gasteiger partial charge in [-0.3, -0.25) is 4.79 Å². The molecule has 0 amide bonds. The lowest BCUT2D eigenvalue weighted by atomic mass is 10.2. The van der Waals surface area contributed by atoms with Crippen molar-refractivity contribution in [1.82, 2.24) is 4.98 Å². The summed E-state index contributed by atoms with van der Waals surface area (Å²) in [4.78, 5) is 15.3. The second-order valence-electron chi connectivity index (χ2n) is 3.63. The van der Waals surface area contributed by atoms with Gasteiger partial charge in [0, 0.05) is 18.1 Å². The molecule has 2 rings (SSSR count). The number of carbonyl (C=O) groups excluding carboxylic acids is 1. The first-order valence-corrected chi connectivity index (χ1v) is 6.40. The van der Waals surface area contributed by atoms with Crippen molar-refractivity contribution in [2.75, 3.05) is 5.75 Å². The number of carbonyl (C=O) groups is 1. The van der Waals surface area contributed by atoms with Crippen molar-refractivity contribution in [2.45, 2.75) is 6.92 Å². The van der Waals surface area contributed by atoms with Gasteiger partial charge in [-0.25, -0.2) is 4.98 Å². The Kier molecular flexibility index (Phi) is 3.94. The van der Waals surface area contributed by atoms with Gasteiger partial charge in [-0.1, -0.05) is 42.1 Å². The number of thioether (sulfide) groups is 1. The lowest BCUT2D eigenvalue weighted by Gasteiger charge is -1.98. The van der Waals surface area contributed by atoms with Crippen LogP contribution in [0.1, 0.15) is 12.6 Å². The fourth-order valence-electron chi connectivity index (χ4n) is 1.51. The molecule has 0 aliphatic rings. The van der Waals surface area contributed by atoms with Crippen molar-refractivity contribution in [1.29, 1.82) is 0 Å². The molecule has 0 fully saturated rings. The molecule has 0 aliphatic carbocycles. The van der Waals surface area contributed by atoms with Crippen molar-refractivity contribution in [3.8, 4) is 0 Å². The van der Waals surface area contributed by atoms with Gasteiger partial charge in [0.15, 0.2) is 5.12 Å². The Hall–Kier alpha value is -1.61. The molecule has 3 heteroatoms. The van der Waals surface area contributed by atoms with Gasteiger partial charge < -0.3 is 0 Å². The van der Waals surface area contributed by atoms with Crippen LogP contribution in [0, 0.1) is 0 Å². The van der Waals surface area contributed by atoms with Gasteiger partial charge in [-0.15, -0.1) is 0 Å². The lowest BCUT2D eigenvalue weighted by Crippen LogP contribution is -1.84. The zero-order chi connectivity index (χ0) is 12.1. The van der Waals surface area contributed by atoms with E-state index in [2.05, 4.69) is 11.1 Å². The normalized spacial score (nSPS) is 11.1. The Morgan fingerprint density at radius 1 is 1.29 bits per heavy atom. The van der Waals surface area contributed by atoms with E-state index in [9.17, 15) is 4.79 Å². The molecule has 2 nitrogen and oxygen atoms in total. The first-order valence-electron chi connectivity index (χ1n) is 5.41. The number of hydrogen-bond acceptors (Lipinski definition) is 3. The molecule has 1 heterocycles. The summed E-state index contributed by atoms with van der Waals surface area (Å²) < 4.78 is 0. The highest BCUT2D eigenvalue weighted by atomic mass is 32.2. The molecule has 0 unspecified atom stereocenters. The number of pyridine rings is 1. The van der Waals surface area contributed by atoms with E-state index in [0.29, 0.717) is 5.75 Å². The molecule has 1 aromatic heterocycles.